The standard InChI is InChI=1S/C8H17N.C7H15N.C6H13NO.2C2H6/c1-7-4-8(2)6-9(3)5-7;1-7-5-3-4-6-8(7)2;1-7-5-6-3-2-4-8-6;2*1-2/h7-8H,4-6H2,1-3H3;7H,3-6H2,1-2H3;6-7H,2-5H2,1H3;2*1-2H3. The number of likely N-dealkylation sites (tertiary alicyclic amines) is 2. The van der Waals surface area contributed by atoms with Crippen molar-refractivity contribution in [2.75, 3.05) is 53.9 Å². The first-order valence-electron chi connectivity index (χ1n) is 12.6. The molecule has 3 heterocycles. The van der Waals surface area contributed by atoms with Crippen LogP contribution in [0, 0.1) is 11.8 Å². The summed E-state index contributed by atoms with van der Waals surface area (Å²) in [5.41, 5.74) is 0. The number of hydrogen-bond donors (Lipinski definition) is 1. The van der Waals surface area contributed by atoms with E-state index in [9.17, 15) is 0 Å². The van der Waals surface area contributed by atoms with E-state index < -0.39 is 0 Å². The van der Waals surface area contributed by atoms with Gasteiger partial charge in [-0.2, -0.15) is 0 Å². The van der Waals surface area contributed by atoms with Crippen molar-refractivity contribution in [3.63, 3.8) is 0 Å². The highest BCUT2D eigenvalue weighted by Crippen LogP contribution is 2.19. The van der Waals surface area contributed by atoms with E-state index in [0.717, 1.165) is 31.0 Å². The first kappa shape index (κ1) is 31.0. The molecule has 1 N–H and O–H groups in total. The zero-order valence-corrected chi connectivity index (χ0v) is 21.9. The minimum atomic E-state index is 0.500. The Morgan fingerprint density at radius 3 is 1.79 bits per heavy atom. The minimum absolute atomic E-state index is 0.500. The molecule has 29 heavy (non-hydrogen) atoms. The lowest BCUT2D eigenvalue weighted by Crippen LogP contribution is -2.35. The molecule has 0 bridgehead atoms. The van der Waals surface area contributed by atoms with Crippen LogP contribution in [0.1, 0.15) is 87.0 Å². The van der Waals surface area contributed by atoms with Crippen molar-refractivity contribution in [3.05, 3.63) is 0 Å². The van der Waals surface area contributed by atoms with E-state index in [4.69, 9.17) is 4.74 Å². The van der Waals surface area contributed by atoms with Gasteiger partial charge in [-0.05, 0) is 78.6 Å². The fraction of sp³-hybridized carbons (Fsp3) is 1.00. The van der Waals surface area contributed by atoms with Gasteiger partial charge in [-0.15, -0.1) is 0 Å². The highest BCUT2D eigenvalue weighted by atomic mass is 16.5. The summed E-state index contributed by atoms with van der Waals surface area (Å²) in [5.74, 6) is 1.83. The first-order chi connectivity index (χ1) is 13.9. The molecular formula is C25H57N3O. The normalized spacial score (nSPS) is 29.6. The van der Waals surface area contributed by atoms with E-state index in [1.807, 2.05) is 34.7 Å². The third kappa shape index (κ3) is 17.2. The van der Waals surface area contributed by atoms with Crippen molar-refractivity contribution in [2.24, 2.45) is 11.8 Å². The van der Waals surface area contributed by atoms with E-state index in [1.54, 1.807) is 0 Å². The van der Waals surface area contributed by atoms with Gasteiger partial charge in [0.1, 0.15) is 0 Å². The van der Waals surface area contributed by atoms with Gasteiger partial charge in [0.2, 0.25) is 0 Å². The van der Waals surface area contributed by atoms with Gasteiger partial charge in [0.15, 0.2) is 0 Å². The molecule has 3 saturated heterocycles. The van der Waals surface area contributed by atoms with Gasteiger partial charge in [0.05, 0.1) is 6.10 Å². The SMILES string of the molecule is CC.CC.CC1CC(C)CN(C)C1.CC1CCCCN1C.CNCC1CCCO1. The van der Waals surface area contributed by atoms with Crippen molar-refractivity contribution < 1.29 is 4.74 Å². The number of likely N-dealkylation sites (N-methyl/N-ethyl adjacent to an activating group) is 1. The van der Waals surface area contributed by atoms with E-state index in [-0.39, 0.29) is 0 Å². The maximum atomic E-state index is 5.33. The molecule has 3 aliphatic rings. The summed E-state index contributed by atoms with van der Waals surface area (Å²) < 4.78 is 5.33. The van der Waals surface area contributed by atoms with Gasteiger partial charge in [-0.25, -0.2) is 0 Å². The monoisotopic (exact) mass is 415 g/mol. The number of rotatable bonds is 2. The molecule has 0 aromatic heterocycles. The molecule has 0 aromatic rings. The van der Waals surface area contributed by atoms with Crippen LogP contribution in [0.4, 0.5) is 0 Å². The predicted octanol–water partition coefficient (Wildman–Crippen LogP) is 5.52. The quantitative estimate of drug-likeness (QED) is 0.642. The van der Waals surface area contributed by atoms with E-state index in [2.05, 4.69) is 50.0 Å². The molecule has 3 fully saturated rings. The van der Waals surface area contributed by atoms with Gasteiger partial charge in [0.25, 0.3) is 0 Å². The summed E-state index contributed by atoms with van der Waals surface area (Å²) in [7, 11) is 6.39. The molecule has 4 atom stereocenters. The van der Waals surface area contributed by atoms with E-state index in [0.29, 0.717) is 6.10 Å². The summed E-state index contributed by atoms with van der Waals surface area (Å²) in [6.07, 6.45) is 8.64. The smallest absolute Gasteiger partial charge is 0.0700 e. The van der Waals surface area contributed by atoms with Crippen LogP contribution in [0.15, 0.2) is 0 Å². The van der Waals surface area contributed by atoms with Gasteiger partial charge in [-0.1, -0.05) is 48.0 Å². The van der Waals surface area contributed by atoms with Crippen LogP contribution in [0.5, 0.6) is 0 Å². The van der Waals surface area contributed by atoms with Crippen LogP contribution < -0.4 is 5.32 Å². The Morgan fingerprint density at radius 2 is 1.45 bits per heavy atom. The number of nitrogens with one attached hydrogen (secondary N) is 1. The zero-order chi connectivity index (χ0) is 22.7. The average molecular weight is 416 g/mol. The third-order valence-corrected chi connectivity index (χ3v) is 5.64. The summed E-state index contributed by atoms with van der Waals surface area (Å²) in [4.78, 5) is 4.86. The second-order valence-electron chi connectivity index (χ2n) is 8.69. The number of ether oxygens (including phenoxy) is 1. The van der Waals surface area contributed by atoms with Gasteiger partial charge < -0.3 is 19.9 Å². The first-order valence-corrected chi connectivity index (χ1v) is 12.6. The largest absolute Gasteiger partial charge is 0.377 e. The summed E-state index contributed by atoms with van der Waals surface area (Å²) in [5, 5.41) is 3.08. The highest BCUT2D eigenvalue weighted by Gasteiger charge is 2.18. The van der Waals surface area contributed by atoms with Gasteiger partial charge in [-0.3, -0.25) is 0 Å². The second-order valence-corrected chi connectivity index (χ2v) is 8.69. The molecule has 3 aliphatic heterocycles. The molecule has 4 heteroatoms. The van der Waals surface area contributed by atoms with Crippen LogP contribution >= 0.6 is 0 Å². The maximum absolute atomic E-state index is 5.33. The zero-order valence-electron chi connectivity index (χ0n) is 21.9. The molecule has 4 unspecified atom stereocenters. The Bertz CT molecular complexity index is 286. The Hall–Kier alpha value is -0.160. The fourth-order valence-electron chi connectivity index (χ4n) is 4.25. The van der Waals surface area contributed by atoms with Gasteiger partial charge >= 0.3 is 0 Å². The highest BCUT2D eigenvalue weighted by molar-refractivity contribution is 4.71. The average Bonchev–Trinajstić information content (AvgIpc) is 3.21. The summed E-state index contributed by atoms with van der Waals surface area (Å²) in [6.45, 7) is 20.9. The summed E-state index contributed by atoms with van der Waals surface area (Å²) in [6, 6.07) is 0.837. The maximum Gasteiger partial charge on any atom is 0.0700 e. The van der Waals surface area contributed by atoms with Crippen LogP contribution in [-0.4, -0.2) is 75.9 Å². The minimum Gasteiger partial charge on any atom is -0.377 e. The van der Waals surface area contributed by atoms with Crippen molar-refractivity contribution in [3.8, 4) is 0 Å². The fourth-order valence-corrected chi connectivity index (χ4v) is 4.25. The number of hydrogen-bond acceptors (Lipinski definition) is 4. The predicted molar refractivity (Wildman–Crippen MR) is 132 cm³/mol. The molecule has 4 nitrogen and oxygen atoms in total. The topological polar surface area (TPSA) is 27.7 Å². The Kier molecular flexibility index (Phi) is 22.6. The molecule has 0 aliphatic carbocycles. The Balaban J connectivity index is 0. The number of nitrogens with zero attached hydrogens (tertiary/aromatic N) is 2. The summed E-state index contributed by atoms with van der Waals surface area (Å²) >= 11 is 0. The molecule has 178 valence electrons. The third-order valence-electron chi connectivity index (χ3n) is 5.64. The molecule has 0 saturated carbocycles. The molecule has 3 rings (SSSR count). The van der Waals surface area contributed by atoms with Gasteiger partial charge in [0, 0.05) is 32.3 Å². The lowest BCUT2D eigenvalue weighted by atomic mass is 9.92. The van der Waals surface area contributed by atoms with Crippen LogP contribution in [0.3, 0.4) is 0 Å². The second kappa shape index (κ2) is 21.1. The van der Waals surface area contributed by atoms with Crippen molar-refractivity contribution in [1.82, 2.24) is 15.1 Å². The molecule has 0 spiro atoms. The Labute approximate surface area is 185 Å². The van der Waals surface area contributed by atoms with Crippen molar-refractivity contribution in [2.45, 2.75) is 99.1 Å². The van der Waals surface area contributed by atoms with E-state index >= 15 is 0 Å². The Morgan fingerprint density at radius 1 is 0.862 bits per heavy atom. The van der Waals surface area contributed by atoms with E-state index in [1.165, 1.54) is 58.2 Å². The number of piperidine rings is 2. The lowest BCUT2D eigenvalue weighted by molar-refractivity contribution is 0.112. The van der Waals surface area contributed by atoms with Crippen LogP contribution in [-0.2, 0) is 4.74 Å². The van der Waals surface area contributed by atoms with Crippen LogP contribution in [0.25, 0.3) is 0 Å². The van der Waals surface area contributed by atoms with Crippen molar-refractivity contribution in [1.29, 1.82) is 0 Å². The van der Waals surface area contributed by atoms with Crippen molar-refractivity contribution >= 4 is 0 Å². The van der Waals surface area contributed by atoms with Crippen LogP contribution in [0.2, 0.25) is 0 Å². The molecule has 0 aromatic carbocycles. The molecular weight excluding hydrogens is 358 g/mol. The molecule has 0 amide bonds. The molecule has 0 radical (unpaired) electrons. The lowest BCUT2D eigenvalue weighted by Gasteiger charge is -2.31.